The zero-order valence-electron chi connectivity index (χ0n) is 13.9. The van der Waals surface area contributed by atoms with Crippen molar-refractivity contribution in [1.82, 2.24) is 0 Å². The van der Waals surface area contributed by atoms with Crippen LogP contribution in [0.3, 0.4) is 0 Å². The number of amides is 2. The first-order valence-corrected chi connectivity index (χ1v) is 8.66. The molecule has 3 aliphatic rings. The minimum absolute atomic E-state index is 0.253. The summed E-state index contributed by atoms with van der Waals surface area (Å²) in [6, 6.07) is 17.3. The minimum atomic E-state index is -1.05. The van der Waals surface area contributed by atoms with Gasteiger partial charge < -0.3 is 9.84 Å². The second-order valence-corrected chi connectivity index (χ2v) is 6.98. The highest BCUT2D eigenvalue weighted by Crippen LogP contribution is 2.52. The van der Waals surface area contributed by atoms with Crippen LogP contribution < -0.4 is 4.90 Å². The van der Waals surface area contributed by atoms with Gasteiger partial charge in [0.25, 0.3) is 0 Å². The Labute approximate surface area is 150 Å². The van der Waals surface area contributed by atoms with Crippen molar-refractivity contribution < 1.29 is 19.4 Å². The number of ether oxygens (including phenoxy) is 1. The van der Waals surface area contributed by atoms with Gasteiger partial charge in [-0.15, -0.1) is 0 Å². The molecule has 2 aromatic carbocycles. The molecule has 5 heteroatoms. The Bertz CT molecular complexity index is 921. The van der Waals surface area contributed by atoms with Crippen LogP contribution >= 0.6 is 0 Å². The fraction of sp³-hybridized carbons (Fsp3) is 0.238. The highest BCUT2D eigenvalue weighted by molar-refractivity contribution is 6.23. The summed E-state index contributed by atoms with van der Waals surface area (Å²) in [7, 11) is 0. The van der Waals surface area contributed by atoms with E-state index >= 15 is 0 Å². The lowest BCUT2D eigenvalue weighted by Gasteiger charge is -2.26. The lowest BCUT2D eigenvalue weighted by Crippen LogP contribution is -2.43. The number of rotatable bonds is 3. The molecule has 3 heterocycles. The van der Waals surface area contributed by atoms with Gasteiger partial charge in [0.1, 0.15) is 5.60 Å². The molecular formula is C21H17NO4. The summed E-state index contributed by atoms with van der Waals surface area (Å²) in [4.78, 5) is 27.1. The molecule has 0 aliphatic carbocycles. The van der Waals surface area contributed by atoms with Crippen LogP contribution in [-0.2, 0) is 14.3 Å². The van der Waals surface area contributed by atoms with Gasteiger partial charge in [-0.25, -0.2) is 4.90 Å². The highest BCUT2D eigenvalue weighted by Gasteiger charge is 2.67. The van der Waals surface area contributed by atoms with Crippen LogP contribution in [0.1, 0.15) is 0 Å². The first kappa shape index (κ1) is 15.5. The summed E-state index contributed by atoms with van der Waals surface area (Å²) in [5, 5.41) is 9.76. The zero-order valence-corrected chi connectivity index (χ0v) is 13.9. The molecule has 2 aromatic rings. The van der Waals surface area contributed by atoms with E-state index in [0.717, 1.165) is 11.1 Å². The van der Waals surface area contributed by atoms with E-state index < -0.39 is 23.5 Å². The first-order valence-electron chi connectivity index (χ1n) is 8.66. The molecule has 0 unspecified atom stereocenters. The van der Waals surface area contributed by atoms with E-state index in [9.17, 15) is 14.7 Å². The number of benzene rings is 2. The summed E-state index contributed by atoms with van der Waals surface area (Å²) >= 11 is 0. The second kappa shape index (κ2) is 5.37. The molecule has 3 aliphatic heterocycles. The summed E-state index contributed by atoms with van der Waals surface area (Å²) in [5.74, 6) is -1.75. The van der Waals surface area contributed by atoms with Crippen molar-refractivity contribution >= 4 is 17.5 Å². The number of hydrogen-bond acceptors (Lipinski definition) is 4. The fourth-order valence-corrected chi connectivity index (χ4v) is 4.37. The van der Waals surface area contributed by atoms with Gasteiger partial charge in [0.05, 0.1) is 30.2 Å². The van der Waals surface area contributed by atoms with Gasteiger partial charge in [-0.05, 0) is 23.3 Å². The molecule has 2 amide bonds. The van der Waals surface area contributed by atoms with E-state index in [2.05, 4.69) is 0 Å². The van der Waals surface area contributed by atoms with Crippen molar-refractivity contribution in [2.24, 2.45) is 11.8 Å². The molecule has 5 nitrogen and oxygen atoms in total. The molecule has 0 aromatic heterocycles. The van der Waals surface area contributed by atoms with Crippen LogP contribution in [-0.4, -0.2) is 35.2 Å². The molecule has 0 radical (unpaired) electrons. The Balaban J connectivity index is 1.49. The molecule has 26 heavy (non-hydrogen) atoms. The van der Waals surface area contributed by atoms with E-state index in [1.807, 2.05) is 42.5 Å². The number of anilines is 1. The van der Waals surface area contributed by atoms with Gasteiger partial charge in [0, 0.05) is 0 Å². The first-order chi connectivity index (χ1) is 12.6. The number of aliphatic hydroxyl groups is 1. The van der Waals surface area contributed by atoms with Crippen molar-refractivity contribution in [3.8, 4) is 11.1 Å². The molecule has 0 spiro atoms. The van der Waals surface area contributed by atoms with E-state index in [1.165, 1.54) is 4.90 Å². The van der Waals surface area contributed by atoms with Crippen LogP contribution in [0.25, 0.3) is 11.1 Å². The van der Waals surface area contributed by atoms with E-state index in [0.29, 0.717) is 5.69 Å². The van der Waals surface area contributed by atoms with E-state index in [4.69, 9.17) is 4.74 Å². The predicted molar refractivity (Wildman–Crippen MR) is 95.2 cm³/mol. The summed E-state index contributed by atoms with van der Waals surface area (Å²) < 4.78 is 5.75. The highest BCUT2D eigenvalue weighted by atomic mass is 16.5. The maximum atomic E-state index is 13.0. The Kier molecular flexibility index (Phi) is 3.20. The smallest absolute Gasteiger partial charge is 0.241 e. The maximum absolute atomic E-state index is 13.0. The van der Waals surface area contributed by atoms with Crippen molar-refractivity contribution in [1.29, 1.82) is 0 Å². The van der Waals surface area contributed by atoms with Gasteiger partial charge in [-0.2, -0.15) is 0 Å². The number of hydrogen-bond donors (Lipinski definition) is 1. The number of carbonyl (C=O) groups excluding carboxylic acids is 2. The Morgan fingerprint density at radius 2 is 1.65 bits per heavy atom. The monoisotopic (exact) mass is 347 g/mol. The number of carbonyl (C=O) groups is 2. The molecule has 0 saturated carbocycles. The van der Waals surface area contributed by atoms with E-state index in [1.54, 1.807) is 24.3 Å². The number of imide groups is 1. The zero-order chi connectivity index (χ0) is 17.9. The molecule has 4 atom stereocenters. The molecule has 2 saturated heterocycles. The fourth-order valence-electron chi connectivity index (χ4n) is 4.37. The summed E-state index contributed by atoms with van der Waals surface area (Å²) in [6.45, 7) is -0.305. The second-order valence-electron chi connectivity index (χ2n) is 6.98. The molecule has 2 fully saturated rings. The van der Waals surface area contributed by atoms with Gasteiger partial charge in [-0.1, -0.05) is 54.6 Å². The third kappa shape index (κ3) is 1.92. The Morgan fingerprint density at radius 3 is 2.35 bits per heavy atom. The standard InChI is InChI=1S/C21H17NO4/c23-12-21-11-10-16(26-21)17-18(21)20(25)22(19(17)24)15-8-6-14(7-9-15)13-4-2-1-3-5-13/h1-11,16-18,23H,12H2/t16-,17+,18+,21-/m1/s1. The third-order valence-corrected chi connectivity index (χ3v) is 5.63. The lowest BCUT2D eigenvalue weighted by molar-refractivity contribution is -0.128. The summed E-state index contributed by atoms with van der Waals surface area (Å²) in [6.07, 6.45) is 3.08. The van der Waals surface area contributed by atoms with Crippen molar-refractivity contribution in [2.75, 3.05) is 11.5 Å². The van der Waals surface area contributed by atoms with E-state index in [-0.39, 0.29) is 18.4 Å². The van der Waals surface area contributed by atoms with Gasteiger partial charge in [0.2, 0.25) is 11.8 Å². The normalized spacial score (nSPS) is 31.7. The molecular weight excluding hydrogens is 330 g/mol. The number of fused-ring (bicyclic) bond motifs is 5. The molecule has 2 bridgehead atoms. The number of aliphatic hydroxyl groups excluding tert-OH is 1. The van der Waals surface area contributed by atoms with Crippen LogP contribution in [0.5, 0.6) is 0 Å². The van der Waals surface area contributed by atoms with Gasteiger partial charge >= 0.3 is 0 Å². The quantitative estimate of drug-likeness (QED) is 0.682. The number of nitrogens with zero attached hydrogens (tertiary/aromatic N) is 1. The Hall–Kier alpha value is -2.76. The summed E-state index contributed by atoms with van der Waals surface area (Å²) in [5.41, 5.74) is 1.60. The minimum Gasteiger partial charge on any atom is -0.393 e. The van der Waals surface area contributed by atoms with Crippen LogP contribution in [0.2, 0.25) is 0 Å². The van der Waals surface area contributed by atoms with Gasteiger partial charge in [0.15, 0.2) is 0 Å². The third-order valence-electron chi connectivity index (χ3n) is 5.63. The van der Waals surface area contributed by atoms with Crippen LogP contribution in [0, 0.1) is 11.8 Å². The topological polar surface area (TPSA) is 66.8 Å². The van der Waals surface area contributed by atoms with Crippen molar-refractivity contribution in [3.63, 3.8) is 0 Å². The predicted octanol–water partition coefficient (Wildman–Crippen LogP) is 2.16. The Morgan fingerprint density at radius 1 is 0.962 bits per heavy atom. The van der Waals surface area contributed by atoms with Crippen LogP contribution in [0.15, 0.2) is 66.7 Å². The largest absolute Gasteiger partial charge is 0.393 e. The molecule has 130 valence electrons. The van der Waals surface area contributed by atoms with Gasteiger partial charge in [-0.3, -0.25) is 9.59 Å². The SMILES string of the molecule is O=C1[C@@H]2[C@@H](C(=O)N1c1ccc(-c3ccccc3)cc1)[C@]1(CO)C=C[C@H]2O1. The lowest BCUT2D eigenvalue weighted by atomic mass is 9.77. The average Bonchev–Trinajstić information content (AvgIpc) is 3.33. The van der Waals surface area contributed by atoms with Crippen LogP contribution in [0.4, 0.5) is 5.69 Å². The van der Waals surface area contributed by atoms with Crippen molar-refractivity contribution in [2.45, 2.75) is 11.7 Å². The van der Waals surface area contributed by atoms with Crippen molar-refractivity contribution in [3.05, 3.63) is 66.7 Å². The average molecular weight is 347 g/mol. The maximum Gasteiger partial charge on any atom is 0.241 e. The molecule has 5 rings (SSSR count). The molecule has 1 N–H and O–H groups in total.